The molecule has 2 rings (SSSR count). The first-order valence-corrected chi connectivity index (χ1v) is 9.78. The van der Waals surface area contributed by atoms with Gasteiger partial charge in [-0.15, -0.1) is 35.1 Å². The van der Waals surface area contributed by atoms with Crippen molar-refractivity contribution in [2.45, 2.75) is 24.4 Å². The van der Waals surface area contributed by atoms with Crippen LogP contribution in [0.25, 0.3) is 0 Å². The summed E-state index contributed by atoms with van der Waals surface area (Å²) in [6.45, 7) is 2.25. The van der Waals surface area contributed by atoms with Crippen LogP contribution in [0.4, 0.5) is 0 Å². The maximum absolute atomic E-state index is 12.4. The summed E-state index contributed by atoms with van der Waals surface area (Å²) in [7, 11) is -3.74. The summed E-state index contributed by atoms with van der Waals surface area (Å²) in [6.07, 6.45) is 0. The highest BCUT2D eigenvalue weighted by Gasteiger charge is 2.24. The molecular formula is C13H18ClN3O3S3. The van der Waals surface area contributed by atoms with E-state index in [1.807, 2.05) is 17.5 Å². The summed E-state index contributed by atoms with van der Waals surface area (Å²) >= 11 is 2.56. The molecule has 0 aliphatic heterocycles. The standard InChI is InChI=1S/C13H17N3O3S3.ClH/c1-9(7-14)16-13(17)12-11(4-6-21-12)22(18,19)15-8-10-3-2-5-20-10;/h2-6,9,15H,7-8,14H2,1H3,(H,16,17);1H/t9-;/m0./s1. The molecule has 4 N–H and O–H groups in total. The van der Waals surface area contributed by atoms with Crippen LogP contribution >= 0.6 is 35.1 Å². The van der Waals surface area contributed by atoms with E-state index in [4.69, 9.17) is 5.73 Å². The lowest BCUT2D eigenvalue weighted by atomic mass is 10.3. The molecule has 1 amide bonds. The van der Waals surface area contributed by atoms with Crippen LogP contribution in [0.3, 0.4) is 0 Å². The van der Waals surface area contributed by atoms with E-state index in [0.29, 0.717) is 0 Å². The quantitative estimate of drug-likeness (QED) is 0.665. The summed E-state index contributed by atoms with van der Waals surface area (Å²) < 4.78 is 27.2. The first kappa shape index (κ1) is 20.1. The van der Waals surface area contributed by atoms with Crippen LogP contribution in [0.5, 0.6) is 0 Å². The molecular weight excluding hydrogens is 378 g/mol. The number of amides is 1. The van der Waals surface area contributed by atoms with Gasteiger partial charge in [-0.1, -0.05) is 6.07 Å². The van der Waals surface area contributed by atoms with Crippen molar-refractivity contribution in [2.75, 3.05) is 6.54 Å². The van der Waals surface area contributed by atoms with Gasteiger partial charge in [0.1, 0.15) is 9.77 Å². The minimum Gasteiger partial charge on any atom is -0.348 e. The Morgan fingerprint density at radius 1 is 1.30 bits per heavy atom. The lowest BCUT2D eigenvalue weighted by Crippen LogP contribution is -2.38. The van der Waals surface area contributed by atoms with Crippen molar-refractivity contribution in [1.82, 2.24) is 10.0 Å². The van der Waals surface area contributed by atoms with Gasteiger partial charge in [-0.2, -0.15) is 0 Å². The highest BCUT2D eigenvalue weighted by atomic mass is 35.5. The topological polar surface area (TPSA) is 101 Å². The minimum atomic E-state index is -3.74. The van der Waals surface area contributed by atoms with E-state index in [0.717, 1.165) is 16.2 Å². The number of thiophene rings is 2. The SMILES string of the molecule is C[C@@H](CN)NC(=O)c1sccc1S(=O)(=O)NCc1cccs1.Cl. The monoisotopic (exact) mass is 395 g/mol. The van der Waals surface area contributed by atoms with E-state index in [9.17, 15) is 13.2 Å². The molecule has 6 nitrogen and oxygen atoms in total. The van der Waals surface area contributed by atoms with Crippen molar-refractivity contribution in [2.24, 2.45) is 5.73 Å². The van der Waals surface area contributed by atoms with Crippen molar-refractivity contribution < 1.29 is 13.2 Å². The van der Waals surface area contributed by atoms with Crippen molar-refractivity contribution in [3.8, 4) is 0 Å². The number of nitrogens with one attached hydrogen (secondary N) is 2. The van der Waals surface area contributed by atoms with Gasteiger partial charge in [-0.3, -0.25) is 4.79 Å². The van der Waals surface area contributed by atoms with Gasteiger partial charge in [0.25, 0.3) is 5.91 Å². The zero-order valence-corrected chi connectivity index (χ0v) is 15.6. The fraction of sp³-hybridized carbons (Fsp3) is 0.308. The molecule has 0 bridgehead atoms. The number of sulfonamides is 1. The molecule has 10 heteroatoms. The molecule has 0 aliphatic carbocycles. The molecule has 0 aromatic carbocycles. The first-order chi connectivity index (χ1) is 10.4. The first-order valence-electron chi connectivity index (χ1n) is 6.54. The van der Waals surface area contributed by atoms with Gasteiger partial charge in [-0.25, -0.2) is 13.1 Å². The van der Waals surface area contributed by atoms with Crippen molar-refractivity contribution in [1.29, 1.82) is 0 Å². The van der Waals surface area contributed by atoms with Crippen LogP contribution in [0.2, 0.25) is 0 Å². The van der Waals surface area contributed by atoms with Crippen molar-refractivity contribution in [3.05, 3.63) is 38.7 Å². The van der Waals surface area contributed by atoms with E-state index in [1.165, 1.54) is 17.4 Å². The normalized spacial score (nSPS) is 12.4. The maximum atomic E-state index is 12.4. The second kappa shape index (κ2) is 8.76. The van der Waals surface area contributed by atoms with E-state index < -0.39 is 15.9 Å². The number of hydrogen-bond acceptors (Lipinski definition) is 6. The third-order valence-electron chi connectivity index (χ3n) is 2.87. The largest absolute Gasteiger partial charge is 0.348 e. The molecule has 0 saturated carbocycles. The third kappa shape index (κ3) is 5.27. The minimum absolute atomic E-state index is 0. The lowest BCUT2D eigenvalue weighted by molar-refractivity contribution is 0.0942. The van der Waals surface area contributed by atoms with Gasteiger partial charge < -0.3 is 11.1 Å². The van der Waals surface area contributed by atoms with Crippen LogP contribution in [0, 0.1) is 0 Å². The zero-order chi connectivity index (χ0) is 16.2. The van der Waals surface area contributed by atoms with Crippen LogP contribution in [0.1, 0.15) is 21.5 Å². The van der Waals surface area contributed by atoms with Gasteiger partial charge in [0.05, 0.1) is 0 Å². The summed E-state index contributed by atoms with van der Waals surface area (Å²) in [5.74, 6) is -0.426. The molecule has 1 atom stereocenters. The molecule has 2 aromatic rings. The van der Waals surface area contributed by atoms with E-state index in [1.54, 1.807) is 12.3 Å². The summed E-state index contributed by atoms with van der Waals surface area (Å²) in [6, 6.07) is 4.91. The number of carbonyl (C=O) groups is 1. The molecule has 0 fully saturated rings. The average Bonchev–Trinajstić information content (AvgIpc) is 3.16. The molecule has 128 valence electrons. The second-order valence-electron chi connectivity index (χ2n) is 4.63. The fourth-order valence-electron chi connectivity index (χ4n) is 1.68. The number of rotatable bonds is 7. The summed E-state index contributed by atoms with van der Waals surface area (Å²) in [5, 5.41) is 6.13. The zero-order valence-electron chi connectivity index (χ0n) is 12.3. The molecule has 0 saturated heterocycles. The van der Waals surface area contributed by atoms with Crippen LogP contribution in [-0.4, -0.2) is 26.9 Å². The van der Waals surface area contributed by atoms with Gasteiger partial charge >= 0.3 is 0 Å². The summed E-state index contributed by atoms with van der Waals surface area (Å²) in [5.41, 5.74) is 5.46. The Kier molecular flexibility index (Phi) is 7.65. The number of halogens is 1. The summed E-state index contributed by atoms with van der Waals surface area (Å²) in [4.78, 5) is 13.2. The molecule has 23 heavy (non-hydrogen) atoms. The van der Waals surface area contributed by atoms with Gasteiger partial charge in [0, 0.05) is 24.0 Å². The molecule has 0 radical (unpaired) electrons. The Morgan fingerprint density at radius 2 is 2.04 bits per heavy atom. The maximum Gasteiger partial charge on any atom is 0.263 e. The average molecular weight is 396 g/mol. The highest BCUT2D eigenvalue weighted by molar-refractivity contribution is 7.89. The van der Waals surface area contributed by atoms with E-state index in [-0.39, 0.29) is 41.3 Å². The molecule has 0 spiro atoms. The lowest BCUT2D eigenvalue weighted by Gasteiger charge is -2.11. The molecule has 2 aromatic heterocycles. The Morgan fingerprint density at radius 3 is 2.65 bits per heavy atom. The second-order valence-corrected chi connectivity index (χ2v) is 8.31. The van der Waals surface area contributed by atoms with Gasteiger partial charge in [0.15, 0.2) is 0 Å². The molecule has 0 unspecified atom stereocenters. The van der Waals surface area contributed by atoms with Crippen LogP contribution in [-0.2, 0) is 16.6 Å². The van der Waals surface area contributed by atoms with Crippen molar-refractivity contribution >= 4 is 51.0 Å². The fourth-order valence-corrected chi connectivity index (χ4v) is 4.75. The third-order valence-corrected chi connectivity index (χ3v) is 6.23. The number of carbonyl (C=O) groups excluding carboxylic acids is 1. The van der Waals surface area contributed by atoms with E-state index >= 15 is 0 Å². The molecule has 0 aliphatic rings. The Labute approximate surface area is 149 Å². The van der Waals surface area contributed by atoms with Crippen LogP contribution < -0.4 is 15.8 Å². The predicted molar refractivity (Wildman–Crippen MR) is 95.9 cm³/mol. The van der Waals surface area contributed by atoms with E-state index in [2.05, 4.69) is 10.0 Å². The molecule has 2 heterocycles. The Balaban J connectivity index is 0.00000264. The Bertz CT molecular complexity index is 729. The predicted octanol–water partition coefficient (Wildman–Crippen LogP) is 1.79. The Hall–Kier alpha value is -0.970. The number of hydrogen-bond donors (Lipinski definition) is 3. The van der Waals surface area contributed by atoms with Crippen molar-refractivity contribution in [3.63, 3.8) is 0 Å². The van der Waals surface area contributed by atoms with Gasteiger partial charge in [-0.05, 0) is 29.8 Å². The highest BCUT2D eigenvalue weighted by Crippen LogP contribution is 2.22. The van der Waals surface area contributed by atoms with Crippen LogP contribution in [0.15, 0.2) is 33.9 Å². The smallest absolute Gasteiger partial charge is 0.263 e. The van der Waals surface area contributed by atoms with Gasteiger partial charge in [0.2, 0.25) is 10.0 Å². The number of nitrogens with two attached hydrogens (primary N) is 1.